The van der Waals surface area contributed by atoms with Gasteiger partial charge in [-0.15, -0.1) is 0 Å². The Morgan fingerprint density at radius 2 is 1.74 bits per heavy atom. The Balaban J connectivity index is 1.16. The maximum absolute atomic E-state index is 15.7. The molecule has 3 atom stereocenters. The number of hydrogen-bond acceptors (Lipinski definition) is 6. The van der Waals surface area contributed by atoms with Crippen LogP contribution in [0.2, 0.25) is 5.02 Å². The van der Waals surface area contributed by atoms with Crippen molar-refractivity contribution in [2.24, 2.45) is 11.3 Å². The van der Waals surface area contributed by atoms with Crippen LogP contribution in [0, 0.1) is 24.1 Å². The van der Waals surface area contributed by atoms with Crippen LogP contribution in [0.1, 0.15) is 43.0 Å². The van der Waals surface area contributed by atoms with Gasteiger partial charge >= 0.3 is 0 Å². The van der Waals surface area contributed by atoms with Crippen molar-refractivity contribution in [1.29, 1.82) is 0 Å². The third-order valence-electron chi connectivity index (χ3n) is 9.52. The van der Waals surface area contributed by atoms with Gasteiger partial charge in [-0.2, -0.15) is 5.10 Å². The van der Waals surface area contributed by atoms with Gasteiger partial charge in [0.2, 0.25) is 11.8 Å². The Hall–Kier alpha value is -4.96. The molecule has 2 aromatic heterocycles. The van der Waals surface area contributed by atoms with E-state index in [1.807, 2.05) is 18.2 Å². The van der Waals surface area contributed by atoms with Crippen molar-refractivity contribution in [3.8, 4) is 22.3 Å². The first-order valence-corrected chi connectivity index (χ1v) is 15.8. The molecule has 0 radical (unpaired) electrons. The SMILES string of the molecule is CC(=O)c1nn(CC(=O)N2C[C@@H]3C[C@@]3(C)C[C@H]2C(=O)Nc2cccc(-c3ccccc3Cl)c2F)c2ccc(-c3cnc(C)nc3)cc12. The Labute approximate surface area is 275 Å². The van der Waals surface area contributed by atoms with E-state index in [4.69, 9.17) is 11.6 Å². The molecule has 0 unspecified atom stereocenters. The number of piperidine rings is 1. The average molecular weight is 651 g/mol. The molecule has 2 fully saturated rings. The fraction of sp³-hybridized carbons (Fsp3) is 0.278. The summed E-state index contributed by atoms with van der Waals surface area (Å²) in [7, 11) is 0. The van der Waals surface area contributed by atoms with Crippen molar-refractivity contribution in [2.45, 2.75) is 46.2 Å². The minimum absolute atomic E-state index is 0.0156. The molecule has 1 aliphatic heterocycles. The van der Waals surface area contributed by atoms with Gasteiger partial charge in [-0.25, -0.2) is 14.4 Å². The van der Waals surface area contributed by atoms with Crippen LogP contribution < -0.4 is 5.32 Å². The van der Waals surface area contributed by atoms with E-state index >= 15 is 4.39 Å². The van der Waals surface area contributed by atoms with Crippen molar-refractivity contribution >= 4 is 45.8 Å². The lowest BCUT2D eigenvalue weighted by Gasteiger charge is -2.37. The molecule has 5 aromatic rings. The summed E-state index contributed by atoms with van der Waals surface area (Å²) in [6.45, 7) is 5.61. The molecular formula is C36H32ClFN6O3. The number of hydrogen-bond donors (Lipinski definition) is 1. The van der Waals surface area contributed by atoms with E-state index < -0.39 is 17.8 Å². The summed E-state index contributed by atoms with van der Waals surface area (Å²) in [5.41, 5.74) is 3.21. The molecule has 238 valence electrons. The molecule has 11 heteroatoms. The molecular weight excluding hydrogens is 619 g/mol. The Morgan fingerprint density at radius 1 is 1.00 bits per heavy atom. The number of carbonyl (C=O) groups excluding carboxylic acids is 3. The molecule has 1 saturated heterocycles. The predicted molar refractivity (Wildman–Crippen MR) is 177 cm³/mol. The van der Waals surface area contributed by atoms with Gasteiger partial charge in [0, 0.05) is 53.0 Å². The Morgan fingerprint density at radius 3 is 2.49 bits per heavy atom. The number of amides is 2. The standard InChI is InChI=1S/C36H32ClFN6O3/c1-20(45)34-27-13-22(23-16-39-21(2)40-17-23)11-12-30(27)44(42-34)19-32(46)43-18-24-14-36(24,3)15-31(43)35(47)41-29-10-6-8-26(33(29)38)25-7-4-5-9-28(25)37/h4-13,16-17,24,31H,14-15,18-19H2,1-3H3,(H,41,47)/t24-,31-,36-/m0/s1. The summed E-state index contributed by atoms with van der Waals surface area (Å²) in [5, 5.41) is 8.30. The summed E-state index contributed by atoms with van der Waals surface area (Å²) >= 11 is 6.33. The van der Waals surface area contributed by atoms with E-state index in [1.165, 1.54) is 17.7 Å². The third kappa shape index (κ3) is 5.67. The second-order valence-electron chi connectivity index (χ2n) is 12.8. The number of nitrogens with one attached hydrogen (secondary N) is 1. The lowest BCUT2D eigenvalue weighted by molar-refractivity contribution is -0.142. The topological polar surface area (TPSA) is 110 Å². The maximum Gasteiger partial charge on any atom is 0.247 e. The van der Waals surface area contributed by atoms with E-state index in [9.17, 15) is 14.4 Å². The van der Waals surface area contributed by atoms with Crippen molar-refractivity contribution in [2.75, 3.05) is 11.9 Å². The Kier molecular flexibility index (Phi) is 7.63. The highest BCUT2D eigenvalue weighted by atomic mass is 35.5. The second kappa shape index (κ2) is 11.7. The van der Waals surface area contributed by atoms with Crippen LogP contribution in [-0.4, -0.2) is 54.8 Å². The van der Waals surface area contributed by atoms with Crippen LogP contribution in [0.15, 0.2) is 73.1 Å². The molecule has 9 nitrogen and oxygen atoms in total. The van der Waals surface area contributed by atoms with E-state index in [0.29, 0.717) is 40.3 Å². The molecule has 2 aliphatic rings. The minimum Gasteiger partial charge on any atom is -0.329 e. The van der Waals surface area contributed by atoms with Crippen molar-refractivity contribution in [3.05, 3.63) is 95.4 Å². The van der Waals surface area contributed by atoms with Crippen LogP contribution >= 0.6 is 11.6 Å². The number of carbonyl (C=O) groups is 3. The van der Waals surface area contributed by atoms with Crippen molar-refractivity contribution < 1.29 is 18.8 Å². The van der Waals surface area contributed by atoms with Gasteiger partial charge in [0.25, 0.3) is 0 Å². The summed E-state index contributed by atoms with van der Waals surface area (Å²) in [5.74, 6) is -0.674. The molecule has 0 spiro atoms. The van der Waals surface area contributed by atoms with Gasteiger partial charge in [0.15, 0.2) is 11.6 Å². The molecule has 0 bridgehead atoms. The summed E-state index contributed by atoms with van der Waals surface area (Å²) in [4.78, 5) is 50.6. The highest BCUT2D eigenvalue weighted by Gasteiger charge is 2.57. The maximum atomic E-state index is 15.7. The quantitative estimate of drug-likeness (QED) is 0.196. The third-order valence-corrected chi connectivity index (χ3v) is 9.85. The van der Waals surface area contributed by atoms with Gasteiger partial charge < -0.3 is 10.2 Å². The molecule has 1 saturated carbocycles. The van der Waals surface area contributed by atoms with Gasteiger partial charge in [-0.1, -0.05) is 54.9 Å². The first-order chi connectivity index (χ1) is 22.5. The number of ketones is 1. The van der Waals surface area contributed by atoms with Gasteiger partial charge in [-0.3, -0.25) is 19.1 Å². The van der Waals surface area contributed by atoms with E-state index in [1.54, 1.807) is 60.6 Å². The van der Waals surface area contributed by atoms with Crippen LogP contribution in [0.4, 0.5) is 10.1 Å². The van der Waals surface area contributed by atoms with E-state index in [2.05, 4.69) is 27.3 Å². The summed E-state index contributed by atoms with van der Waals surface area (Å²) in [6.07, 6.45) is 4.80. The summed E-state index contributed by atoms with van der Waals surface area (Å²) in [6, 6.07) is 16.4. The summed E-state index contributed by atoms with van der Waals surface area (Å²) < 4.78 is 17.3. The first-order valence-electron chi connectivity index (χ1n) is 15.5. The lowest BCUT2D eigenvalue weighted by Crippen LogP contribution is -2.53. The molecule has 2 amide bonds. The minimum atomic E-state index is -0.808. The lowest BCUT2D eigenvalue weighted by atomic mass is 9.90. The first kappa shape index (κ1) is 30.7. The monoisotopic (exact) mass is 650 g/mol. The van der Waals surface area contributed by atoms with Crippen LogP contribution in [0.25, 0.3) is 33.2 Å². The number of aromatic nitrogens is 4. The normalized spacial score (nSPS) is 20.1. The fourth-order valence-electron chi connectivity index (χ4n) is 6.70. The number of fused-ring (bicyclic) bond motifs is 2. The fourth-order valence-corrected chi connectivity index (χ4v) is 6.94. The number of nitrogens with zero attached hydrogens (tertiary/aromatic N) is 5. The van der Waals surface area contributed by atoms with E-state index in [-0.39, 0.29) is 46.5 Å². The molecule has 3 aromatic carbocycles. The Bertz CT molecular complexity index is 2080. The predicted octanol–water partition coefficient (Wildman–Crippen LogP) is 6.73. The number of halogens is 2. The van der Waals surface area contributed by atoms with E-state index in [0.717, 1.165) is 17.5 Å². The van der Waals surface area contributed by atoms with Crippen LogP contribution in [-0.2, 0) is 16.1 Å². The zero-order valence-electron chi connectivity index (χ0n) is 26.1. The molecule has 1 N–H and O–H groups in total. The highest BCUT2D eigenvalue weighted by molar-refractivity contribution is 6.33. The number of likely N-dealkylation sites (tertiary alicyclic amines) is 1. The van der Waals surface area contributed by atoms with Gasteiger partial charge in [0.1, 0.15) is 24.1 Å². The smallest absolute Gasteiger partial charge is 0.247 e. The zero-order chi connectivity index (χ0) is 33.0. The van der Waals surface area contributed by atoms with Crippen molar-refractivity contribution in [1.82, 2.24) is 24.6 Å². The van der Waals surface area contributed by atoms with Crippen LogP contribution in [0.5, 0.6) is 0 Å². The largest absolute Gasteiger partial charge is 0.329 e. The molecule has 47 heavy (non-hydrogen) atoms. The van der Waals surface area contributed by atoms with Gasteiger partial charge in [0.05, 0.1) is 11.2 Å². The molecule has 7 rings (SSSR count). The number of anilines is 1. The molecule has 1 aliphatic carbocycles. The number of aryl methyl sites for hydroxylation is 1. The van der Waals surface area contributed by atoms with Gasteiger partial charge in [-0.05, 0) is 60.9 Å². The van der Waals surface area contributed by atoms with Crippen LogP contribution in [0.3, 0.4) is 0 Å². The highest BCUT2D eigenvalue weighted by Crippen LogP contribution is 2.59. The van der Waals surface area contributed by atoms with Crippen molar-refractivity contribution in [3.63, 3.8) is 0 Å². The zero-order valence-corrected chi connectivity index (χ0v) is 26.9. The molecule has 3 heterocycles. The average Bonchev–Trinajstić information content (AvgIpc) is 3.60. The second-order valence-corrected chi connectivity index (χ2v) is 13.2. The number of benzene rings is 3. The number of Topliss-reactive ketones (excluding diaryl/α,β-unsaturated/α-hetero) is 1. The number of rotatable bonds is 7.